The topological polar surface area (TPSA) is 73.2 Å². The third-order valence-corrected chi connectivity index (χ3v) is 3.82. The van der Waals surface area contributed by atoms with E-state index in [-0.39, 0.29) is 5.92 Å². The average molecular weight is 287 g/mol. The Morgan fingerprint density at radius 2 is 2.10 bits per heavy atom. The van der Waals surface area contributed by atoms with Gasteiger partial charge in [-0.3, -0.25) is 0 Å². The summed E-state index contributed by atoms with van der Waals surface area (Å²) in [5.74, 6) is 2.83. The molecule has 3 rings (SSSR count). The van der Waals surface area contributed by atoms with Crippen LogP contribution in [0.4, 0.5) is 0 Å². The zero-order valence-corrected chi connectivity index (χ0v) is 12.3. The van der Waals surface area contributed by atoms with Gasteiger partial charge in [-0.05, 0) is 24.6 Å². The Morgan fingerprint density at radius 1 is 1.29 bits per heavy atom. The van der Waals surface area contributed by atoms with Gasteiger partial charge < -0.3 is 20.2 Å². The molecule has 1 aromatic carbocycles. The highest BCUT2D eigenvalue weighted by atomic mass is 16.5. The Labute approximate surface area is 124 Å². The second kappa shape index (κ2) is 6.18. The number of nitrogens with two attached hydrogens (primary N) is 1. The predicted molar refractivity (Wildman–Crippen MR) is 81.7 cm³/mol. The van der Waals surface area contributed by atoms with Crippen molar-refractivity contribution >= 4 is 0 Å². The zero-order valence-electron chi connectivity index (χ0n) is 12.3. The minimum atomic E-state index is 0.277. The summed E-state index contributed by atoms with van der Waals surface area (Å²) < 4.78 is 11.4. The molecule has 21 heavy (non-hydrogen) atoms. The molecule has 1 aliphatic heterocycles. The van der Waals surface area contributed by atoms with Crippen molar-refractivity contribution in [2.24, 2.45) is 5.73 Å². The van der Waals surface area contributed by atoms with Crippen molar-refractivity contribution < 1.29 is 9.47 Å². The van der Waals surface area contributed by atoms with Gasteiger partial charge in [-0.1, -0.05) is 6.92 Å². The molecule has 0 saturated heterocycles. The number of H-pyrrole nitrogens is 1. The molecule has 2 heterocycles. The number of hydrogen-bond donors (Lipinski definition) is 2. The molecule has 0 bridgehead atoms. The van der Waals surface area contributed by atoms with Crippen LogP contribution in [0.1, 0.15) is 31.5 Å². The summed E-state index contributed by atoms with van der Waals surface area (Å²) in [4.78, 5) is 7.82. The van der Waals surface area contributed by atoms with Crippen LogP contribution in [0.2, 0.25) is 0 Å². The van der Waals surface area contributed by atoms with E-state index in [2.05, 4.69) is 16.9 Å². The summed E-state index contributed by atoms with van der Waals surface area (Å²) in [6.45, 7) is 4.11. The smallest absolute Gasteiger partial charge is 0.161 e. The van der Waals surface area contributed by atoms with E-state index in [1.165, 1.54) is 0 Å². The van der Waals surface area contributed by atoms with Crippen LogP contribution in [0.15, 0.2) is 24.4 Å². The van der Waals surface area contributed by atoms with Crippen LogP contribution in [-0.4, -0.2) is 29.7 Å². The van der Waals surface area contributed by atoms with Crippen LogP contribution >= 0.6 is 0 Å². The predicted octanol–water partition coefficient (Wildman–Crippen LogP) is 2.69. The molecule has 5 nitrogen and oxygen atoms in total. The molecular formula is C16H21N3O2. The molecule has 0 saturated carbocycles. The lowest BCUT2D eigenvalue weighted by Gasteiger charge is -2.09. The van der Waals surface area contributed by atoms with Gasteiger partial charge in [-0.15, -0.1) is 0 Å². The maximum atomic E-state index is 5.78. The summed E-state index contributed by atoms with van der Waals surface area (Å²) >= 11 is 0. The Balaban J connectivity index is 1.89. The molecule has 0 aliphatic carbocycles. The first-order valence-corrected chi connectivity index (χ1v) is 7.46. The van der Waals surface area contributed by atoms with Crippen molar-refractivity contribution in [1.82, 2.24) is 9.97 Å². The molecule has 0 fully saturated rings. The van der Waals surface area contributed by atoms with E-state index < -0.39 is 0 Å². The van der Waals surface area contributed by atoms with Gasteiger partial charge >= 0.3 is 0 Å². The highest BCUT2D eigenvalue weighted by Crippen LogP contribution is 2.34. The third kappa shape index (κ3) is 2.88. The normalized spacial score (nSPS) is 15.5. The van der Waals surface area contributed by atoms with Gasteiger partial charge in [0.2, 0.25) is 0 Å². The Morgan fingerprint density at radius 3 is 2.86 bits per heavy atom. The van der Waals surface area contributed by atoms with E-state index >= 15 is 0 Å². The maximum absolute atomic E-state index is 5.78. The lowest BCUT2D eigenvalue weighted by molar-refractivity contribution is 0.297. The van der Waals surface area contributed by atoms with Gasteiger partial charge in [0, 0.05) is 24.4 Å². The minimum Gasteiger partial charge on any atom is -0.490 e. The third-order valence-electron chi connectivity index (χ3n) is 3.82. The number of hydrogen-bond acceptors (Lipinski definition) is 4. The van der Waals surface area contributed by atoms with E-state index in [1.54, 1.807) is 0 Å². The molecule has 5 heteroatoms. The van der Waals surface area contributed by atoms with Crippen molar-refractivity contribution in [2.45, 2.75) is 25.7 Å². The van der Waals surface area contributed by atoms with E-state index in [1.807, 2.05) is 24.4 Å². The van der Waals surface area contributed by atoms with Crippen molar-refractivity contribution in [3.8, 4) is 22.8 Å². The summed E-state index contributed by atoms with van der Waals surface area (Å²) in [6, 6.07) is 5.98. The summed E-state index contributed by atoms with van der Waals surface area (Å²) in [5.41, 5.74) is 7.80. The minimum absolute atomic E-state index is 0.277. The van der Waals surface area contributed by atoms with E-state index in [9.17, 15) is 0 Å². The summed E-state index contributed by atoms with van der Waals surface area (Å²) in [5, 5.41) is 0. The molecule has 0 spiro atoms. The van der Waals surface area contributed by atoms with E-state index in [0.717, 1.165) is 41.4 Å². The molecule has 2 aromatic rings. The van der Waals surface area contributed by atoms with E-state index in [0.29, 0.717) is 19.8 Å². The fourth-order valence-corrected chi connectivity index (χ4v) is 2.49. The van der Waals surface area contributed by atoms with Crippen LogP contribution in [0, 0.1) is 0 Å². The van der Waals surface area contributed by atoms with Gasteiger partial charge in [0.25, 0.3) is 0 Å². The Bertz CT molecular complexity index is 605. The first-order chi connectivity index (χ1) is 10.3. The molecule has 0 radical (unpaired) electrons. The number of imidazole rings is 1. The average Bonchev–Trinajstić information content (AvgIpc) is 2.87. The fraction of sp³-hybridized carbons (Fsp3) is 0.438. The van der Waals surface area contributed by atoms with Crippen LogP contribution in [0.25, 0.3) is 11.3 Å². The van der Waals surface area contributed by atoms with E-state index in [4.69, 9.17) is 15.2 Å². The fourth-order valence-electron chi connectivity index (χ4n) is 2.49. The number of fused-ring (bicyclic) bond motifs is 1. The standard InChI is InChI=1S/C16H21N3O2/c1-2-11(9-17)16-18-10-13(19-16)12-4-5-14-15(8-12)21-7-3-6-20-14/h4-5,8,10-11H,2-3,6-7,9,17H2,1H3,(H,18,19). The molecule has 3 N–H and O–H groups in total. The second-order valence-corrected chi connectivity index (χ2v) is 5.23. The van der Waals surface area contributed by atoms with Gasteiger partial charge in [-0.2, -0.15) is 0 Å². The highest BCUT2D eigenvalue weighted by Gasteiger charge is 2.15. The first kappa shape index (κ1) is 13.9. The van der Waals surface area contributed by atoms with Crippen LogP contribution in [-0.2, 0) is 0 Å². The number of rotatable bonds is 4. The molecule has 112 valence electrons. The van der Waals surface area contributed by atoms with Crippen LogP contribution in [0.5, 0.6) is 11.5 Å². The number of aromatic nitrogens is 2. The Hall–Kier alpha value is -2.01. The monoisotopic (exact) mass is 287 g/mol. The number of aromatic amines is 1. The first-order valence-electron chi connectivity index (χ1n) is 7.46. The summed E-state index contributed by atoms with van der Waals surface area (Å²) in [6.07, 6.45) is 3.74. The van der Waals surface area contributed by atoms with Crippen LogP contribution < -0.4 is 15.2 Å². The molecule has 0 amide bonds. The number of nitrogens with one attached hydrogen (secondary N) is 1. The molecule has 1 atom stereocenters. The van der Waals surface area contributed by atoms with Gasteiger partial charge in [0.15, 0.2) is 11.5 Å². The van der Waals surface area contributed by atoms with Crippen molar-refractivity contribution in [2.75, 3.05) is 19.8 Å². The van der Waals surface area contributed by atoms with Gasteiger partial charge in [-0.25, -0.2) is 4.98 Å². The van der Waals surface area contributed by atoms with Crippen LogP contribution in [0.3, 0.4) is 0 Å². The maximum Gasteiger partial charge on any atom is 0.161 e. The lowest BCUT2D eigenvalue weighted by Crippen LogP contribution is -2.12. The van der Waals surface area contributed by atoms with Crippen molar-refractivity contribution in [1.29, 1.82) is 0 Å². The molecule has 1 aromatic heterocycles. The SMILES string of the molecule is CCC(CN)c1ncc(-c2ccc3c(c2)OCCCO3)[nH]1. The number of ether oxygens (including phenoxy) is 2. The number of nitrogens with zero attached hydrogens (tertiary/aromatic N) is 1. The largest absolute Gasteiger partial charge is 0.490 e. The summed E-state index contributed by atoms with van der Waals surface area (Å²) in [7, 11) is 0. The molecular weight excluding hydrogens is 266 g/mol. The second-order valence-electron chi connectivity index (χ2n) is 5.23. The Kier molecular flexibility index (Phi) is 4.10. The van der Waals surface area contributed by atoms with Gasteiger partial charge in [0.05, 0.1) is 25.1 Å². The molecule has 1 unspecified atom stereocenters. The van der Waals surface area contributed by atoms with Gasteiger partial charge in [0.1, 0.15) is 5.82 Å². The highest BCUT2D eigenvalue weighted by molar-refractivity contribution is 5.63. The molecule has 1 aliphatic rings. The zero-order chi connectivity index (χ0) is 14.7. The van der Waals surface area contributed by atoms with Crippen molar-refractivity contribution in [3.63, 3.8) is 0 Å². The van der Waals surface area contributed by atoms with Crippen molar-refractivity contribution in [3.05, 3.63) is 30.2 Å². The lowest BCUT2D eigenvalue weighted by atomic mass is 10.1. The number of benzene rings is 1. The quantitative estimate of drug-likeness (QED) is 0.906.